The minimum atomic E-state index is -3.69. The predicted molar refractivity (Wildman–Crippen MR) is 149 cm³/mol. The van der Waals surface area contributed by atoms with E-state index in [0.717, 1.165) is 22.8 Å². The van der Waals surface area contributed by atoms with Crippen LogP contribution in [0.1, 0.15) is 45.6 Å². The second-order valence-electron chi connectivity index (χ2n) is 9.68. The molecule has 9 heteroatoms. The Hall–Kier alpha value is -3.59. The van der Waals surface area contributed by atoms with E-state index in [4.69, 9.17) is 4.74 Å². The van der Waals surface area contributed by atoms with E-state index >= 15 is 0 Å². The van der Waals surface area contributed by atoms with E-state index in [1.165, 1.54) is 4.31 Å². The Morgan fingerprint density at radius 2 is 1.71 bits per heavy atom. The number of nitrogens with zero attached hydrogens (tertiary/aromatic N) is 2. The molecule has 0 saturated carbocycles. The van der Waals surface area contributed by atoms with Gasteiger partial charge in [-0.05, 0) is 61.9 Å². The smallest absolute Gasteiger partial charge is 0.265 e. The minimum Gasteiger partial charge on any atom is -0.497 e. The summed E-state index contributed by atoms with van der Waals surface area (Å²) in [5.41, 5.74) is 1.51. The first-order chi connectivity index (χ1) is 18.2. The van der Waals surface area contributed by atoms with Crippen LogP contribution in [0, 0.1) is 0 Å². The van der Waals surface area contributed by atoms with Gasteiger partial charge in [-0.15, -0.1) is 0 Å². The number of carbonyl (C=O) groups is 2. The maximum absolute atomic E-state index is 13.5. The van der Waals surface area contributed by atoms with Gasteiger partial charge in [-0.1, -0.05) is 43.3 Å². The Kier molecular flexibility index (Phi) is 8.26. The molecular formula is C29H35N3O5S. The molecule has 4 rings (SSSR count). The first-order valence-electron chi connectivity index (χ1n) is 12.9. The highest BCUT2D eigenvalue weighted by atomic mass is 32.2. The van der Waals surface area contributed by atoms with E-state index in [9.17, 15) is 18.0 Å². The number of methoxy groups -OCH3 is 1. The number of sulfonamides is 1. The van der Waals surface area contributed by atoms with Crippen molar-refractivity contribution in [2.75, 3.05) is 18.0 Å². The van der Waals surface area contributed by atoms with Gasteiger partial charge in [0.1, 0.15) is 11.8 Å². The van der Waals surface area contributed by atoms with Crippen molar-refractivity contribution in [1.29, 1.82) is 0 Å². The van der Waals surface area contributed by atoms with Crippen molar-refractivity contribution in [1.82, 2.24) is 10.2 Å². The van der Waals surface area contributed by atoms with Crippen LogP contribution in [0.3, 0.4) is 0 Å². The summed E-state index contributed by atoms with van der Waals surface area (Å²) >= 11 is 0. The largest absolute Gasteiger partial charge is 0.497 e. The van der Waals surface area contributed by atoms with Crippen LogP contribution in [0.15, 0.2) is 65.6 Å². The van der Waals surface area contributed by atoms with Crippen LogP contribution < -0.4 is 14.4 Å². The molecule has 0 aliphatic carbocycles. The average Bonchev–Trinajstić information content (AvgIpc) is 3.14. The van der Waals surface area contributed by atoms with Gasteiger partial charge in [-0.25, -0.2) is 8.42 Å². The summed E-state index contributed by atoms with van der Waals surface area (Å²) < 4.78 is 33.1. The van der Waals surface area contributed by atoms with Crippen LogP contribution in [-0.2, 0) is 26.2 Å². The molecule has 0 bridgehead atoms. The third-order valence-electron chi connectivity index (χ3n) is 7.11. The van der Waals surface area contributed by atoms with Crippen LogP contribution in [-0.4, -0.2) is 50.9 Å². The normalized spacial score (nSPS) is 15.2. The molecule has 0 aromatic heterocycles. The van der Waals surface area contributed by atoms with Crippen LogP contribution in [0.25, 0.3) is 10.8 Å². The first kappa shape index (κ1) is 27.4. The van der Waals surface area contributed by atoms with Crippen LogP contribution >= 0.6 is 0 Å². The summed E-state index contributed by atoms with van der Waals surface area (Å²) in [6, 6.07) is 17.5. The molecule has 0 unspecified atom stereocenters. The summed E-state index contributed by atoms with van der Waals surface area (Å²) in [6.07, 6.45) is 1.21. The fourth-order valence-electron chi connectivity index (χ4n) is 4.69. The molecule has 1 heterocycles. The summed E-state index contributed by atoms with van der Waals surface area (Å²) in [5, 5.41) is 4.55. The van der Waals surface area contributed by atoms with Crippen LogP contribution in [0.5, 0.6) is 5.75 Å². The number of benzene rings is 3. The van der Waals surface area contributed by atoms with E-state index in [1.807, 2.05) is 56.3 Å². The Labute approximate surface area is 224 Å². The molecule has 3 aromatic rings. The first-order valence-corrected chi connectivity index (χ1v) is 14.4. The molecule has 1 aliphatic rings. The number of rotatable bonds is 11. The van der Waals surface area contributed by atoms with Crippen molar-refractivity contribution in [3.63, 3.8) is 0 Å². The Bertz CT molecular complexity index is 1420. The molecule has 3 aromatic carbocycles. The number of amides is 2. The Morgan fingerprint density at radius 1 is 1.03 bits per heavy atom. The molecule has 0 spiro atoms. The van der Waals surface area contributed by atoms with E-state index in [1.54, 1.807) is 37.1 Å². The summed E-state index contributed by atoms with van der Waals surface area (Å²) in [4.78, 5) is 28.3. The van der Waals surface area contributed by atoms with E-state index in [-0.39, 0.29) is 37.4 Å². The number of carbonyl (C=O) groups excluding carboxylic acids is 2. The van der Waals surface area contributed by atoms with Crippen molar-refractivity contribution in [2.45, 2.75) is 63.6 Å². The van der Waals surface area contributed by atoms with Crippen LogP contribution in [0.4, 0.5) is 5.69 Å². The number of nitrogens with one attached hydrogen (secondary N) is 1. The highest BCUT2D eigenvalue weighted by Gasteiger charge is 2.35. The van der Waals surface area contributed by atoms with E-state index in [2.05, 4.69) is 5.32 Å². The van der Waals surface area contributed by atoms with Gasteiger partial charge in [0.25, 0.3) is 10.0 Å². The topological polar surface area (TPSA) is 96.0 Å². The molecule has 0 radical (unpaired) electrons. The lowest BCUT2D eigenvalue weighted by Crippen LogP contribution is -2.49. The van der Waals surface area contributed by atoms with Gasteiger partial charge in [0.2, 0.25) is 11.8 Å². The Balaban J connectivity index is 1.49. The van der Waals surface area contributed by atoms with Crippen molar-refractivity contribution >= 4 is 38.3 Å². The molecule has 0 saturated heterocycles. The molecule has 202 valence electrons. The van der Waals surface area contributed by atoms with Crippen LogP contribution in [0.2, 0.25) is 0 Å². The van der Waals surface area contributed by atoms with Gasteiger partial charge < -0.3 is 15.0 Å². The van der Waals surface area contributed by atoms with Crippen molar-refractivity contribution in [3.8, 4) is 5.75 Å². The quantitative estimate of drug-likeness (QED) is 0.389. The van der Waals surface area contributed by atoms with E-state index in [0.29, 0.717) is 22.8 Å². The zero-order valence-electron chi connectivity index (χ0n) is 22.3. The molecule has 2 amide bonds. The number of anilines is 1. The Morgan fingerprint density at radius 3 is 2.37 bits per heavy atom. The molecule has 38 heavy (non-hydrogen) atoms. The number of hydrogen-bond acceptors (Lipinski definition) is 5. The SMILES string of the molecule is CC[C@@H](C)NC(=O)[C@H](C)N(Cc1ccc(OC)cc1)C(=O)CCCN1c2cccc3cccc(c23)S1(=O)=O. The lowest BCUT2D eigenvalue weighted by Gasteiger charge is -2.30. The predicted octanol–water partition coefficient (Wildman–Crippen LogP) is 4.47. The molecule has 8 nitrogen and oxygen atoms in total. The molecule has 1 N–H and O–H groups in total. The zero-order valence-corrected chi connectivity index (χ0v) is 23.1. The van der Waals surface area contributed by atoms with Gasteiger partial charge >= 0.3 is 0 Å². The standard InChI is InChI=1S/C29H35N3O5S/c1-5-20(2)30-29(34)21(3)31(19-22-14-16-24(37-4)17-15-22)27(33)13-8-18-32-25-11-6-9-23-10-7-12-26(28(23)25)38(32,35)36/h6-7,9-12,14-17,20-21H,5,8,13,18-19H2,1-4H3,(H,30,34)/t20-,21+/m1/s1. The fraction of sp³-hybridized carbons (Fsp3) is 0.379. The molecule has 2 atom stereocenters. The monoisotopic (exact) mass is 537 g/mol. The minimum absolute atomic E-state index is 0.00685. The molecular weight excluding hydrogens is 502 g/mol. The fourth-order valence-corrected chi connectivity index (χ4v) is 6.44. The van der Waals surface area contributed by atoms with Gasteiger partial charge in [-0.3, -0.25) is 13.9 Å². The van der Waals surface area contributed by atoms with Crippen molar-refractivity contribution in [3.05, 3.63) is 66.2 Å². The van der Waals surface area contributed by atoms with Gasteiger partial charge in [-0.2, -0.15) is 0 Å². The molecule has 1 aliphatic heterocycles. The summed E-state index contributed by atoms with van der Waals surface area (Å²) in [6.45, 7) is 6.06. The second kappa shape index (κ2) is 11.4. The van der Waals surface area contributed by atoms with Crippen molar-refractivity contribution < 1.29 is 22.7 Å². The van der Waals surface area contributed by atoms with E-state index < -0.39 is 16.1 Å². The lowest BCUT2D eigenvalue weighted by atomic mass is 10.1. The number of hydrogen-bond donors (Lipinski definition) is 1. The van der Waals surface area contributed by atoms with Gasteiger partial charge in [0.05, 0.1) is 17.7 Å². The molecule has 0 fully saturated rings. The lowest BCUT2D eigenvalue weighted by molar-refractivity contribution is -0.140. The third-order valence-corrected chi connectivity index (χ3v) is 8.97. The maximum Gasteiger partial charge on any atom is 0.265 e. The van der Waals surface area contributed by atoms with Crippen molar-refractivity contribution in [2.24, 2.45) is 0 Å². The second-order valence-corrected chi connectivity index (χ2v) is 11.5. The highest BCUT2D eigenvalue weighted by Crippen LogP contribution is 2.42. The summed E-state index contributed by atoms with van der Waals surface area (Å²) in [5.74, 6) is 0.280. The zero-order chi connectivity index (χ0) is 27.4. The highest BCUT2D eigenvalue weighted by molar-refractivity contribution is 7.93. The van der Waals surface area contributed by atoms with Gasteiger partial charge in [0, 0.05) is 30.9 Å². The maximum atomic E-state index is 13.5. The number of ether oxygens (including phenoxy) is 1. The summed E-state index contributed by atoms with van der Waals surface area (Å²) in [7, 11) is -2.10. The third kappa shape index (κ3) is 5.48. The average molecular weight is 538 g/mol. The van der Waals surface area contributed by atoms with Gasteiger partial charge in [0.15, 0.2) is 0 Å².